The van der Waals surface area contributed by atoms with E-state index in [4.69, 9.17) is 19.3 Å². The standard InChI is InChI=1S/2C8H7IO3.C8H8O3/c2*1-12-7-3-5(4-10)2-6(9)8(7)11;1-11-8-4-6(5-9)2-3-7(8)10/h2*2-4,11H,1H3;2-5,10H,1H3. The van der Waals surface area contributed by atoms with Gasteiger partial charge in [0.1, 0.15) is 18.9 Å². The van der Waals surface area contributed by atoms with Gasteiger partial charge in [-0.15, -0.1) is 0 Å². The molecule has 0 spiro atoms. The Labute approximate surface area is 228 Å². The third kappa shape index (κ3) is 8.90. The average molecular weight is 708 g/mol. The maximum Gasteiger partial charge on any atom is 0.171 e. The Morgan fingerprint density at radius 2 is 0.971 bits per heavy atom. The van der Waals surface area contributed by atoms with Crippen LogP contribution in [0.15, 0.2) is 42.5 Å². The first kappa shape index (κ1) is 30.0. The van der Waals surface area contributed by atoms with Gasteiger partial charge in [-0.3, -0.25) is 14.4 Å². The highest BCUT2D eigenvalue weighted by Crippen LogP contribution is 2.32. The van der Waals surface area contributed by atoms with Crippen molar-refractivity contribution in [2.24, 2.45) is 0 Å². The van der Waals surface area contributed by atoms with Crippen LogP contribution in [0, 0.1) is 7.14 Å². The first-order valence-corrected chi connectivity index (χ1v) is 11.7. The number of carbonyl (C=O) groups excluding carboxylic acids is 3. The molecular weight excluding hydrogens is 686 g/mol. The Kier molecular flexibility index (Phi) is 12.9. The van der Waals surface area contributed by atoms with E-state index in [1.54, 1.807) is 12.1 Å². The van der Waals surface area contributed by atoms with E-state index in [-0.39, 0.29) is 17.2 Å². The third-order valence-corrected chi connectivity index (χ3v) is 5.80. The van der Waals surface area contributed by atoms with E-state index in [0.29, 0.717) is 59.9 Å². The van der Waals surface area contributed by atoms with E-state index in [1.165, 1.54) is 51.7 Å². The molecule has 0 aliphatic rings. The number of aldehydes is 3. The molecular formula is C24H22I2O9. The number of methoxy groups -OCH3 is 3. The number of phenolic OH excluding ortho intramolecular Hbond substituents is 3. The molecule has 0 amide bonds. The van der Waals surface area contributed by atoms with Gasteiger partial charge < -0.3 is 29.5 Å². The van der Waals surface area contributed by atoms with E-state index >= 15 is 0 Å². The van der Waals surface area contributed by atoms with Gasteiger partial charge in [0, 0.05) is 16.7 Å². The molecule has 0 saturated heterocycles. The number of benzene rings is 3. The molecule has 0 unspecified atom stereocenters. The van der Waals surface area contributed by atoms with E-state index in [9.17, 15) is 24.6 Å². The van der Waals surface area contributed by atoms with E-state index in [2.05, 4.69) is 0 Å². The van der Waals surface area contributed by atoms with Crippen molar-refractivity contribution in [1.82, 2.24) is 0 Å². The van der Waals surface area contributed by atoms with Crippen LogP contribution in [-0.2, 0) is 0 Å². The van der Waals surface area contributed by atoms with Gasteiger partial charge in [-0.2, -0.15) is 0 Å². The van der Waals surface area contributed by atoms with Gasteiger partial charge in [-0.05, 0) is 87.6 Å². The summed E-state index contributed by atoms with van der Waals surface area (Å²) < 4.78 is 15.7. The van der Waals surface area contributed by atoms with Crippen LogP contribution in [0.4, 0.5) is 0 Å². The molecule has 186 valence electrons. The largest absolute Gasteiger partial charge is 0.504 e. The molecule has 0 aliphatic heterocycles. The van der Waals surface area contributed by atoms with Crippen LogP contribution in [0.5, 0.6) is 34.5 Å². The Hall–Kier alpha value is -3.07. The summed E-state index contributed by atoms with van der Waals surface area (Å²) in [5.41, 5.74) is 1.47. The minimum Gasteiger partial charge on any atom is -0.504 e. The highest BCUT2D eigenvalue weighted by molar-refractivity contribution is 14.1. The van der Waals surface area contributed by atoms with E-state index in [0.717, 1.165) is 0 Å². The van der Waals surface area contributed by atoms with Crippen LogP contribution >= 0.6 is 45.2 Å². The van der Waals surface area contributed by atoms with E-state index < -0.39 is 0 Å². The highest BCUT2D eigenvalue weighted by atomic mass is 127. The normalized spacial score (nSPS) is 9.40. The van der Waals surface area contributed by atoms with Gasteiger partial charge in [0.15, 0.2) is 34.5 Å². The first-order valence-electron chi connectivity index (χ1n) is 9.51. The lowest BCUT2D eigenvalue weighted by Crippen LogP contribution is -1.89. The van der Waals surface area contributed by atoms with Gasteiger partial charge in [0.25, 0.3) is 0 Å². The van der Waals surface area contributed by atoms with Gasteiger partial charge in [-0.1, -0.05) is 0 Å². The molecule has 0 heterocycles. The number of phenols is 3. The zero-order valence-electron chi connectivity index (χ0n) is 18.8. The van der Waals surface area contributed by atoms with Crippen molar-refractivity contribution >= 4 is 64.0 Å². The molecule has 9 nitrogen and oxygen atoms in total. The second-order valence-electron chi connectivity index (χ2n) is 6.39. The summed E-state index contributed by atoms with van der Waals surface area (Å²) in [7, 11) is 4.32. The summed E-state index contributed by atoms with van der Waals surface area (Å²) >= 11 is 3.87. The fraction of sp³-hybridized carbons (Fsp3) is 0.125. The van der Waals surface area contributed by atoms with Gasteiger partial charge in [0.2, 0.25) is 0 Å². The highest BCUT2D eigenvalue weighted by Gasteiger charge is 2.08. The quantitative estimate of drug-likeness (QED) is 0.242. The summed E-state index contributed by atoms with van der Waals surface area (Å²) in [6.45, 7) is 0. The lowest BCUT2D eigenvalue weighted by atomic mass is 10.2. The number of hydrogen-bond donors (Lipinski definition) is 3. The number of hydrogen-bond acceptors (Lipinski definition) is 9. The number of ether oxygens (including phenoxy) is 3. The van der Waals surface area contributed by atoms with Crippen LogP contribution in [0.3, 0.4) is 0 Å². The van der Waals surface area contributed by atoms with Crippen LogP contribution in [0.25, 0.3) is 0 Å². The number of carbonyl (C=O) groups is 3. The molecule has 0 saturated carbocycles. The average Bonchev–Trinajstić information content (AvgIpc) is 2.88. The Bertz CT molecular complexity index is 1120. The first-order chi connectivity index (χ1) is 16.6. The summed E-state index contributed by atoms with van der Waals surface area (Å²) in [6.07, 6.45) is 2.12. The van der Waals surface area contributed by atoms with Crippen molar-refractivity contribution in [3.63, 3.8) is 0 Å². The SMILES string of the molecule is COc1cc(C=O)cc(I)c1O.COc1cc(C=O)cc(I)c1O.COc1cc(C=O)ccc1O. The number of halogens is 2. The van der Waals surface area contributed by atoms with Gasteiger partial charge in [-0.25, -0.2) is 0 Å². The molecule has 3 rings (SSSR count). The predicted molar refractivity (Wildman–Crippen MR) is 146 cm³/mol. The Morgan fingerprint density at radius 1 is 0.600 bits per heavy atom. The zero-order chi connectivity index (χ0) is 26.5. The van der Waals surface area contributed by atoms with Crippen molar-refractivity contribution < 1.29 is 43.9 Å². The molecule has 0 aromatic heterocycles. The van der Waals surface area contributed by atoms with Crippen LogP contribution < -0.4 is 14.2 Å². The Balaban J connectivity index is 0.000000263. The molecule has 35 heavy (non-hydrogen) atoms. The molecule has 0 atom stereocenters. The fourth-order valence-corrected chi connectivity index (χ4v) is 3.65. The topological polar surface area (TPSA) is 140 Å². The van der Waals surface area contributed by atoms with Crippen molar-refractivity contribution in [1.29, 1.82) is 0 Å². The van der Waals surface area contributed by atoms with Crippen molar-refractivity contribution in [3.8, 4) is 34.5 Å². The minimum absolute atomic E-state index is 0.0399. The monoisotopic (exact) mass is 708 g/mol. The van der Waals surface area contributed by atoms with Crippen molar-refractivity contribution in [2.45, 2.75) is 0 Å². The zero-order valence-corrected chi connectivity index (χ0v) is 23.1. The van der Waals surface area contributed by atoms with Crippen molar-refractivity contribution in [2.75, 3.05) is 21.3 Å². The molecule has 0 radical (unpaired) electrons. The second kappa shape index (κ2) is 15.0. The number of rotatable bonds is 6. The van der Waals surface area contributed by atoms with E-state index in [1.807, 2.05) is 45.2 Å². The maximum absolute atomic E-state index is 10.4. The summed E-state index contributed by atoms with van der Waals surface area (Å²) in [5.74, 6) is 1.15. The lowest BCUT2D eigenvalue weighted by molar-refractivity contribution is 0.111. The third-order valence-electron chi connectivity index (χ3n) is 4.15. The smallest absolute Gasteiger partial charge is 0.171 e. The van der Waals surface area contributed by atoms with Gasteiger partial charge in [0.05, 0.1) is 28.5 Å². The molecule has 11 heteroatoms. The second-order valence-corrected chi connectivity index (χ2v) is 8.72. The molecule has 0 fully saturated rings. The molecule has 0 bridgehead atoms. The minimum atomic E-state index is 0.0399. The predicted octanol–water partition coefficient (Wildman–Crippen LogP) is 4.85. The summed E-state index contributed by atoms with van der Waals surface area (Å²) in [4.78, 5) is 31.0. The van der Waals surface area contributed by atoms with Crippen LogP contribution in [0.2, 0.25) is 0 Å². The van der Waals surface area contributed by atoms with Crippen LogP contribution in [-0.4, -0.2) is 55.5 Å². The van der Waals surface area contributed by atoms with Gasteiger partial charge >= 0.3 is 0 Å². The van der Waals surface area contributed by atoms with Crippen LogP contribution in [0.1, 0.15) is 31.1 Å². The molecule has 3 N–H and O–H groups in total. The molecule has 3 aromatic carbocycles. The fourth-order valence-electron chi connectivity index (χ4n) is 2.40. The summed E-state index contributed by atoms with van der Waals surface area (Å²) in [5, 5.41) is 27.8. The van der Waals surface area contributed by atoms with Crippen molar-refractivity contribution in [3.05, 3.63) is 66.3 Å². The molecule has 3 aromatic rings. The maximum atomic E-state index is 10.4. The Morgan fingerprint density at radius 3 is 1.31 bits per heavy atom. The molecule has 0 aliphatic carbocycles. The lowest BCUT2D eigenvalue weighted by Gasteiger charge is -2.05. The summed E-state index contributed by atoms with van der Waals surface area (Å²) in [6, 6.07) is 10.6. The number of aromatic hydroxyl groups is 3.